The van der Waals surface area contributed by atoms with E-state index in [0.717, 1.165) is 87.9 Å². The highest BCUT2D eigenvalue weighted by Gasteiger charge is 2.19. The van der Waals surface area contributed by atoms with Gasteiger partial charge in [-0.3, -0.25) is 4.98 Å². The summed E-state index contributed by atoms with van der Waals surface area (Å²) in [6.07, 6.45) is 7.43. The number of likely N-dealkylation sites (tertiary alicyclic amines) is 1. The van der Waals surface area contributed by atoms with Crippen LogP contribution in [0, 0.1) is 0 Å². The lowest BCUT2D eigenvalue weighted by Gasteiger charge is -2.30. The van der Waals surface area contributed by atoms with Crippen molar-refractivity contribution in [2.45, 2.75) is 38.3 Å². The first kappa shape index (κ1) is 18.3. The van der Waals surface area contributed by atoms with E-state index in [0.29, 0.717) is 0 Å². The largest absolute Gasteiger partial charge is 0.392 e. The highest BCUT2D eigenvalue weighted by molar-refractivity contribution is 5.59. The number of nitrogens with zero attached hydrogens (tertiary/aromatic N) is 4. The van der Waals surface area contributed by atoms with Crippen molar-refractivity contribution in [2.24, 2.45) is 0 Å². The molecule has 0 spiro atoms. The normalized spacial score (nSPS) is 20.3. The molecule has 0 radical (unpaired) electrons. The zero-order valence-corrected chi connectivity index (χ0v) is 15.7. The Bertz CT molecular complexity index is 754. The second-order valence-electron chi connectivity index (χ2n) is 7.37. The van der Waals surface area contributed by atoms with Crippen molar-refractivity contribution in [3.63, 3.8) is 0 Å². The number of piperidine rings is 1. The van der Waals surface area contributed by atoms with Gasteiger partial charge in [-0.2, -0.15) is 0 Å². The summed E-state index contributed by atoms with van der Waals surface area (Å²) >= 11 is 0. The molecule has 27 heavy (non-hydrogen) atoms. The first-order chi connectivity index (χ1) is 13.3. The van der Waals surface area contributed by atoms with Crippen LogP contribution in [-0.2, 0) is 13.0 Å². The fraction of sp³-hybridized carbons (Fsp3) is 0.550. The van der Waals surface area contributed by atoms with E-state index < -0.39 is 0 Å². The number of aliphatic hydroxyl groups excluding tert-OH is 1. The van der Waals surface area contributed by atoms with Gasteiger partial charge >= 0.3 is 0 Å². The number of β-amino-alcohol motifs (C(OH)–C–C–N with tert-alkyl or cyclic N) is 1. The average molecular weight is 368 g/mol. The Morgan fingerprint density at radius 2 is 2.30 bits per heavy atom. The van der Waals surface area contributed by atoms with Crippen LogP contribution in [0.5, 0.6) is 0 Å². The number of aliphatic hydroxyl groups is 1. The van der Waals surface area contributed by atoms with Gasteiger partial charge in [0, 0.05) is 43.2 Å². The first-order valence-corrected chi connectivity index (χ1v) is 9.95. The topological polar surface area (TPSA) is 86.2 Å². The minimum absolute atomic E-state index is 0.157. The zero-order chi connectivity index (χ0) is 18.5. The highest BCUT2D eigenvalue weighted by Crippen LogP contribution is 2.24. The Kier molecular flexibility index (Phi) is 5.91. The Morgan fingerprint density at radius 1 is 1.33 bits per heavy atom. The van der Waals surface area contributed by atoms with Crippen LogP contribution in [0.2, 0.25) is 0 Å². The van der Waals surface area contributed by atoms with E-state index in [-0.39, 0.29) is 6.10 Å². The number of rotatable bonds is 6. The number of fused-ring (bicyclic) bond motifs is 1. The third kappa shape index (κ3) is 4.61. The number of hydrogen-bond donors (Lipinski definition) is 3. The summed E-state index contributed by atoms with van der Waals surface area (Å²) in [5.74, 6) is 1.69. The lowest BCUT2D eigenvalue weighted by Crippen LogP contribution is -2.39. The van der Waals surface area contributed by atoms with Crippen molar-refractivity contribution in [3.8, 4) is 11.4 Å². The van der Waals surface area contributed by atoms with Crippen LogP contribution < -0.4 is 10.6 Å². The molecule has 144 valence electrons. The standard InChI is InChI=1S/C20H28N6O/c27-16-5-2-10-26(14-16)11-3-8-23-20-17-6-9-22-13-18(17)24-19(25-20)15-4-1-7-21-12-15/h1,4,7,12,16,22,27H,2-3,5-6,8-11,13-14H2,(H,23,24,25)/t16-/m1/s1. The van der Waals surface area contributed by atoms with Gasteiger partial charge in [0.15, 0.2) is 5.82 Å². The average Bonchev–Trinajstić information content (AvgIpc) is 2.71. The van der Waals surface area contributed by atoms with Crippen LogP contribution in [0.3, 0.4) is 0 Å². The number of nitrogens with one attached hydrogen (secondary N) is 2. The fourth-order valence-electron chi connectivity index (χ4n) is 3.87. The van der Waals surface area contributed by atoms with Gasteiger partial charge in [-0.15, -0.1) is 0 Å². The molecule has 3 N–H and O–H groups in total. The molecule has 2 aliphatic heterocycles. The molecule has 1 saturated heterocycles. The maximum atomic E-state index is 9.80. The van der Waals surface area contributed by atoms with Crippen molar-refractivity contribution in [3.05, 3.63) is 35.8 Å². The molecule has 0 aliphatic carbocycles. The van der Waals surface area contributed by atoms with Gasteiger partial charge in [0.25, 0.3) is 0 Å². The van der Waals surface area contributed by atoms with E-state index in [4.69, 9.17) is 9.97 Å². The van der Waals surface area contributed by atoms with Gasteiger partial charge in [-0.25, -0.2) is 9.97 Å². The molecule has 7 nitrogen and oxygen atoms in total. The molecular formula is C20H28N6O. The molecule has 0 aromatic carbocycles. The van der Waals surface area contributed by atoms with Crippen LogP contribution >= 0.6 is 0 Å². The molecule has 2 aromatic heterocycles. The Balaban J connectivity index is 1.43. The van der Waals surface area contributed by atoms with E-state index in [9.17, 15) is 5.11 Å². The fourth-order valence-corrected chi connectivity index (χ4v) is 3.87. The minimum atomic E-state index is -0.157. The van der Waals surface area contributed by atoms with E-state index in [1.165, 1.54) is 5.56 Å². The van der Waals surface area contributed by atoms with Crippen LogP contribution in [-0.4, -0.2) is 63.8 Å². The molecule has 4 rings (SSSR count). The Labute approximate surface area is 160 Å². The number of pyridine rings is 1. The third-order valence-corrected chi connectivity index (χ3v) is 5.28. The quantitative estimate of drug-likeness (QED) is 0.665. The lowest BCUT2D eigenvalue weighted by atomic mass is 10.1. The molecule has 0 bridgehead atoms. The maximum Gasteiger partial charge on any atom is 0.163 e. The van der Waals surface area contributed by atoms with Gasteiger partial charge < -0.3 is 20.6 Å². The summed E-state index contributed by atoms with van der Waals surface area (Å²) in [5, 5.41) is 16.7. The molecule has 1 fully saturated rings. The van der Waals surface area contributed by atoms with Crippen molar-refractivity contribution in [1.29, 1.82) is 0 Å². The molecule has 1 atom stereocenters. The molecule has 7 heteroatoms. The van der Waals surface area contributed by atoms with Crippen LogP contribution in [0.1, 0.15) is 30.5 Å². The van der Waals surface area contributed by atoms with E-state index >= 15 is 0 Å². The predicted octanol–water partition coefficient (Wildman–Crippen LogP) is 1.44. The number of anilines is 1. The van der Waals surface area contributed by atoms with Crippen LogP contribution in [0.25, 0.3) is 11.4 Å². The Hall–Kier alpha value is -2.09. The monoisotopic (exact) mass is 368 g/mol. The first-order valence-electron chi connectivity index (χ1n) is 9.95. The summed E-state index contributed by atoms with van der Waals surface area (Å²) in [4.78, 5) is 16.1. The molecule has 2 aromatic rings. The van der Waals surface area contributed by atoms with Gasteiger partial charge in [0.2, 0.25) is 0 Å². The van der Waals surface area contributed by atoms with E-state index in [1.807, 2.05) is 18.3 Å². The SMILES string of the molecule is O[C@@H]1CCCN(CCCNc2nc(-c3cccnc3)nc3c2CCNC3)C1. The molecule has 0 unspecified atom stereocenters. The molecule has 0 saturated carbocycles. The van der Waals surface area contributed by atoms with Gasteiger partial charge in [-0.1, -0.05) is 0 Å². The van der Waals surface area contributed by atoms with Crippen molar-refractivity contribution in [2.75, 3.05) is 38.0 Å². The molecule has 0 amide bonds. The van der Waals surface area contributed by atoms with Crippen molar-refractivity contribution in [1.82, 2.24) is 25.2 Å². The van der Waals surface area contributed by atoms with E-state index in [2.05, 4.69) is 20.5 Å². The highest BCUT2D eigenvalue weighted by atomic mass is 16.3. The second kappa shape index (κ2) is 8.73. The van der Waals surface area contributed by atoms with Crippen molar-refractivity contribution < 1.29 is 5.11 Å². The summed E-state index contributed by atoms with van der Waals surface area (Å²) < 4.78 is 0. The summed E-state index contributed by atoms with van der Waals surface area (Å²) in [6, 6.07) is 3.91. The predicted molar refractivity (Wildman–Crippen MR) is 105 cm³/mol. The minimum Gasteiger partial charge on any atom is -0.392 e. The lowest BCUT2D eigenvalue weighted by molar-refractivity contribution is 0.0706. The smallest absolute Gasteiger partial charge is 0.163 e. The number of aromatic nitrogens is 3. The molecular weight excluding hydrogens is 340 g/mol. The van der Waals surface area contributed by atoms with E-state index in [1.54, 1.807) is 6.20 Å². The third-order valence-electron chi connectivity index (χ3n) is 5.28. The Morgan fingerprint density at radius 3 is 3.15 bits per heavy atom. The van der Waals surface area contributed by atoms with Gasteiger partial charge in [-0.05, 0) is 57.5 Å². The van der Waals surface area contributed by atoms with Crippen LogP contribution in [0.15, 0.2) is 24.5 Å². The van der Waals surface area contributed by atoms with Crippen LogP contribution in [0.4, 0.5) is 5.82 Å². The second-order valence-corrected chi connectivity index (χ2v) is 7.37. The maximum absolute atomic E-state index is 9.80. The molecule has 4 heterocycles. The van der Waals surface area contributed by atoms with Gasteiger partial charge in [0.05, 0.1) is 11.8 Å². The summed E-state index contributed by atoms with van der Waals surface area (Å²) in [5.41, 5.74) is 3.25. The van der Waals surface area contributed by atoms with Gasteiger partial charge in [0.1, 0.15) is 5.82 Å². The van der Waals surface area contributed by atoms with Crippen molar-refractivity contribution >= 4 is 5.82 Å². The zero-order valence-electron chi connectivity index (χ0n) is 15.7. The summed E-state index contributed by atoms with van der Waals surface area (Å²) in [6.45, 7) is 5.52. The molecule has 2 aliphatic rings. The summed E-state index contributed by atoms with van der Waals surface area (Å²) in [7, 11) is 0. The number of hydrogen-bond acceptors (Lipinski definition) is 7.